The molecule has 0 bridgehead atoms. The van der Waals surface area contributed by atoms with Crippen molar-refractivity contribution in [1.82, 2.24) is 10.2 Å². The molecule has 20 heavy (non-hydrogen) atoms. The van der Waals surface area contributed by atoms with Gasteiger partial charge < -0.3 is 5.32 Å². The molecule has 1 aromatic carbocycles. The van der Waals surface area contributed by atoms with Crippen LogP contribution in [0.5, 0.6) is 0 Å². The van der Waals surface area contributed by atoms with E-state index in [2.05, 4.69) is 11.9 Å². The van der Waals surface area contributed by atoms with Crippen LogP contribution in [0.2, 0.25) is 0 Å². The summed E-state index contributed by atoms with van der Waals surface area (Å²) in [6.45, 7) is 6.68. The molecule has 1 saturated heterocycles. The molecule has 0 unspecified atom stereocenters. The van der Waals surface area contributed by atoms with Gasteiger partial charge >= 0.3 is 6.18 Å². The fourth-order valence-corrected chi connectivity index (χ4v) is 2.40. The van der Waals surface area contributed by atoms with E-state index in [9.17, 15) is 17.6 Å². The molecular weight excluding hydrogens is 272 g/mol. The van der Waals surface area contributed by atoms with Crippen LogP contribution in [0.4, 0.5) is 17.6 Å². The van der Waals surface area contributed by atoms with Crippen molar-refractivity contribution in [2.75, 3.05) is 26.2 Å². The van der Waals surface area contributed by atoms with Crippen molar-refractivity contribution in [3.8, 4) is 0 Å². The van der Waals surface area contributed by atoms with Crippen LogP contribution in [0.3, 0.4) is 0 Å². The number of hydrogen-bond acceptors (Lipinski definition) is 2. The summed E-state index contributed by atoms with van der Waals surface area (Å²) < 4.78 is 51.6. The average Bonchev–Trinajstić information content (AvgIpc) is 2.41. The second-order valence-electron chi connectivity index (χ2n) is 4.70. The molecule has 0 aromatic heterocycles. The number of nitrogens with one attached hydrogen (secondary N) is 1. The monoisotopic (exact) mass is 288 g/mol. The SMILES string of the molecule is C=C[C@H](c1ccc(F)c(C(F)(F)F)c1)N1CCNCC1. The highest BCUT2D eigenvalue weighted by Crippen LogP contribution is 2.34. The summed E-state index contributed by atoms with van der Waals surface area (Å²) in [6.07, 6.45) is -3.09. The molecule has 110 valence electrons. The van der Waals surface area contributed by atoms with Crippen molar-refractivity contribution in [3.05, 3.63) is 47.8 Å². The van der Waals surface area contributed by atoms with Crippen molar-refractivity contribution in [3.63, 3.8) is 0 Å². The minimum atomic E-state index is -4.69. The van der Waals surface area contributed by atoms with E-state index >= 15 is 0 Å². The summed E-state index contributed by atoms with van der Waals surface area (Å²) in [4.78, 5) is 2.02. The highest BCUT2D eigenvalue weighted by molar-refractivity contribution is 5.31. The van der Waals surface area contributed by atoms with Gasteiger partial charge in [0, 0.05) is 26.2 Å². The molecule has 1 fully saturated rings. The van der Waals surface area contributed by atoms with E-state index in [0.717, 1.165) is 38.3 Å². The second kappa shape index (κ2) is 5.93. The van der Waals surface area contributed by atoms with Crippen molar-refractivity contribution in [2.24, 2.45) is 0 Å². The van der Waals surface area contributed by atoms with Crippen LogP contribution in [-0.2, 0) is 6.18 Å². The molecule has 6 heteroatoms. The number of rotatable bonds is 3. The zero-order chi connectivity index (χ0) is 14.8. The van der Waals surface area contributed by atoms with Crippen LogP contribution >= 0.6 is 0 Å². The first kappa shape index (κ1) is 15.0. The molecule has 1 atom stereocenters. The summed E-state index contributed by atoms with van der Waals surface area (Å²) >= 11 is 0. The van der Waals surface area contributed by atoms with Gasteiger partial charge in [0.05, 0.1) is 11.6 Å². The highest BCUT2D eigenvalue weighted by Gasteiger charge is 2.35. The van der Waals surface area contributed by atoms with Gasteiger partial charge in [0.15, 0.2) is 0 Å². The third-order valence-electron chi connectivity index (χ3n) is 3.41. The number of halogens is 4. The lowest BCUT2D eigenvalue weighted by molar-refractivity contribution is -0.140. The fraction of sp³-hybridized carbons (Fsp3) is 0.429. The highest BCUT2D eigenvalue weighted by atomic mass is 19.4. The molecule has 0 radical (unpaired) electrons. The van der Waals surface area contributed by atoms with E-state index in [1.54, 1.807) is 6.08 Å². The van der Waals surface area contributed by atoms with Gasteiger partial charge in [-0.25, -0.2) is 4.39 Å². The van der Waals surface area contributed by atoms with Gasteiger partial charge in [-0.2, -0.15) is 13.2 Å². The molecule has 1 aromatic rings. The van der Waals surface area contributed by atoms with Gasteiger partial charge in [-0.3, -0.25) is 4.90 Å². The lowest BCUT2D eigenvalue weighted by atomic mass is 10.0. The maximum Gasteiger partial charge on any atom is 0.419 e. The van der Waals surface area contributed by atoms with Crippen molar-refractivity contribution in [1.29, 1.82) is 0 Å². The van der Waals surface area contributed by atoms with Crippen molar-refractivity contribution < 1.29 is 17.6 Å². The molecule has 1 heterocycles. The number of benzene rings is 1. The Bertz CT molecular complexity index is 479. The zero-order valence-corrected chi connectivity index (χ0v) is 10.9. The molecule has 1 N–H and O–H groups in total. The van der Waals surface area contributed by atoms with E-state index in [1.165, 1.54) is 6.07 Å². The number of alkyl halides is 3. The Morgan fingerprint density at radius 2 is 1.90 bits per heavy atom. The molecule has 2 nitrogen and oxygen atoms in total. The maximum atomic E-state index is 13.3. The number of nitrogens with zero attached hydrogens (tertiary/aromatic N) is 1. The van der Waals surface area contributed by atoms with E-state index in [0.29, 0.717) is 5.56 Å². The predicted molar refractivity (Wildman–Crippen MR) is 68.8 cm³/mol. The zero-order valence-electron chi connectivity index (χ0n) is 10.9. The summed E-state index contributed by atoms with van der Waals surface area (Å²) in [6, 6.07) is 2.80. The van der Waals surface area contributed by atoms with Gasteiger partial charge in [-0.15, -0.1) is 6.58 Å². The molecule has 0 amide bonds. The Morgan fingerprint density at radius 1 is 1.25 bits per heavy atom. The summed E-state index contributed by atoms with van der Waals surface area (Å²) in [5, 5.41) is 3.17. The maximum absolute atomic E-state index is 13.3. The van der Waals surface area contributed by atoms with Gasteiger partial charge in [0.2, 0.25) is 0 Å². The molecular formula is C14H16F4N2. The van der Waals surface area contributed by atoms with E-state index in [4.69, 9.17) is 0 Å². The third-order valence-corrected chi connectivity index (χ3v) is 3.41. The standard InChI is InChI=1S/C14H16F4N2/c1-2-13(20-7-5-19-6-8-20)10-3-4-12(15)11(9-10)14(16,17)18/h2-4,9,13,19H,1,5-8H2/t13-/m1/s1. The lowest BCUT2D eigenvalue weighted by Gasteiger charge is -2.33. The molecule has 0 aliphatic carbocycles. The largest absolute Gasteiger partial charge is 0.419 e. The average molecular weight is 288 g/mol. The number of piperazine rings is 1. The first-order valence-corrected chi connectivity index (χ1v) is 6.37. The van der Waals surface area contributed by atoms with Crippen LogP contribution in [-0.4, -0.2) is 31.1 Å². The molecule has 0 saturated carbocycles. The van der Waals surface area contributed by atoms with Crippen LogP contribution in [0.25, 0.3) is 0 Å². The molecule has 1 aliphatic heterocycles. The Labute approximate surface area is 115 Å². The molecule has 0 spiro atoms. The second-order valence-corrected chi connectivity index (χ2v) is 4.70. The van der Waals surface area contributed by atoms with Gasteiger partial charge in [-0.1, -0.05) is 12.1 Å². The lowest BCUT2D eigenvalue weighted by Crippen LogP contribution is -2.44. The minimum Gasteiger partial charge on any atom is -0.314 e. The van der Waals surface area contributed by atoms with E-state index in [1.807, 2.05) is 4.90 Å². The quantitative estimate of drug-likeness (QED) is 0.679. The van der Waals surface area contributed by atoms with E-state index < -0.39 is 17.6 Å². The van der Waals surface area contributed by atoms with Crippen LogP contribution < -0.4 is 5.32 Å². The normalized spacial score (nSPS) is 18.8. The number of hydrogen-bond donors (Lipinski definition) is 1. The molecule has 1 aliphatic rings. The van der Waals surface area contributed by atoms with Crippen LogP contribution in [0.15, 0.2) is 30.9 Å². The Morgan fingerprint density at radius 3 is 2.45 bits per heavy atom. The van der Waals surface area contributed by atoms with Crippen molar-refractivity contribution >= 4 is 0 Å². The van der Waals surface area contributed by atoms with Gasteiger partial charge in [-0.05, 0) is 17.7 Å². The summed E-state index contributed by atoms with van der Waals surface area (Å²) in [7, 11) is 0. The topological polar surface area (TPSA) is 15.3 Å². The summed E-state index contributed by atoms with van der Waals surface area (Å²) in [5.41, 5.74) is -0.812. The Hall–Kier alpha value is -1.40. The van der Waals surface area contributed by atoms with Crippen LogP contribution in [0.1, 0.15) is 17.2 Å². The first-order valence-electron chi connectivity index (χ1n) is 6.37. The van der Waals surface area contributed by atoms with Gasteiger partial charge in [0.1, 0.15) is 5.82 Å². The molecule has 2 rings (SSSR count). The summed E-state index contributed by atoms with van der Waals surface area (Å²) in [5.74, 6) is -1.25. The minimum absolute atomic E-state index is 0.334. The smallest absolute Gasteiger partial charge is 0.314 e. The van der Waals surface area contributed by atoms with Crippen molar-refractivity contribution in [2.45, 2.75) is 12.2 Å². The van der Waals surface area contributed by atoms with Crippen LogP contribution in [0, 0.1) is 5.82 Å². The predicted octanol–water partition coefficient (Wildman–Crippen LogP) is 2.98. The Kier molecular flexibility index (Phi) is 4.45. The fourth-order valence-electron chi connectivity index (χ4n) is 2.40. The van der Waals surface area contributed by atoms with Gasteiger partial charge in [0.25, 0.3) is 0 Å². The van der Waals surface area contributed by atoms with E-state index in [-0.39, 0.29) is 6.04 Å². The third kappa shape index (κ3) is 3.19. The first-order chi connectivity index (χ1) is 9.43. The Balaban J connectivity index is 2.32.